The molecular weight excluding hydrogens is 266 g/mol. The average molecular weight is 287 g/mol. The van der Waals surface area contributed by atoms with Crippen LogP contribution in [-0.2, 0) is 6.42 Å². The second kappa shape index (κ2) is 5.85. The van der Waals surface area contributed by atoms with Crippen LogP contribution in [0, 0.1) is 0 Å². The summed E-state index contributed by atoms with van der Waals surface area (Å²) in [6, 6.07) is 8.11. The Morgan fingerprint density at radius 3 is 2.76 bits per heavy atom. The van der Waals surface area contributed by atoms with E-state index in [4.69, 9.17) is 0 Å². The molecule has 0 spiro atoms. The average Bonchev–Trinajstić information content (AvgIpc) is 2.88. The Bertz CT molecular complexity index is 541. The van der Waals surface area contributed by atoms with Gasteiger partial charge in [0.2, 0.25) is 0 Å². The van der Waals surface area contributed by atoms with Crippen LogP contribution in [0.1, 0.15) is 22.8 Å². The van der Waals surface area contributed by atoms with Crippen molar-refractivity contribution in [2.75, 3.05) is 32.7 Å². The van der Waals surface area contributed by atoms with Crippen molar-refractivity contribution < 1.29 is 9.59 Å². The standard InChI is InChI=1S/C16H21N3O2/c1-2-12-3-5-13(6-4-12)15(20)11-18-7-8-19-14(10-18)9-17-16(19)21/h3-6,14H,2,7-11H2,1H3,(H,17,21). The molecule has 0 radical (unpaired) electrons. The summed E-state index contributed by atoms with van der Waals surface area (Å²) in [5.41, 5.74) is 2.02. The zero-order valence-electron chi connectivity index (χ0n) is 12.3. The molecule has 5 heteroatoms. The van der Waals surface area contributed by atoms with E-state index in [0.29, 0.717) is 19.6 Å². The number of nitrogens with zero attached hydrogens (tertiary/aromatic N) is 2. The number of benzene rings is 1. The van der Waals surface area contributed by atoms with Gasteiger partial charge < -0.3 is 10.2 Å². The maximum absolute atomic E-state index is 12.3. The molecule has 2 saturated heterocycles. The summed E-state index contributed by atoms with van der Waals surface area (Å²) in [6.07, 6.45) is 0.985. The van der Waals surface area contributed by atoms with E-state index in [9.17, 15) is 9.59 Å². The topological polar surface area (TPSA) is 52.7 Å². The van der Waals surface area contributed by atoms with Crippen LogP contribution >= 0.6 is 0 Å². The monoisotopic (exact) mass is 287 g/mol. The van der Waals surface area contributed by atoms with Crippen LogP contribution in [0.15, 0.2) is 24.3 Å². The van der Waals surface area contributed by atoms with Gasteiger partial charge in [0, 0.05) is 31.7 Å². The summed E-state index contributed by atoms with van der Waals surface area (Å²) < 4.78 is 0. The molecule has 2 aliphatic rings. The normalized spacial score (nSPS) is 22.0. The van der Waals surface area contributed by atoms with Crippen LogP contribution < -0.4 is 5.32 Å². The van der Waals surface area contributed by atoms with Gasteiger partial charge in [0.05, 0.1) is 12.6 Å². The number of carbonyl (C=O) groups is 2. The Morgan fingerprint density at radius 1 is 1.29 bits per heavy atom. The third-order valence-corrected chi connectivity index (χ3v) is 4.37. The molecule has 1 aromatic carbocycles. The van der Waals surface area contributed by atoms with E-state index in [1.165, 1.54) is 5.56 Å². The number of hydrogen-bond donors (Lipinski definition) is 1. The first-order valence-electron chi connectivity index (χ1n) is 7.56. The van der Waals surface area contributed by atoms with Gasteiger partial charge in [0.15, 0.2) is 5.78 Å². The van der Waals surface area contributed by atoms with E-state index >= 15 is 0 Å². The van der Waals surface area contributed by atoms with Crippen molar-refractivity contribution >= 4 is 11.8 Å². The van der Waals surface area contributed by atoms with Crippen molar-refractivity contribution in [3.63, 3.8) is 0 Å². The van der Waals surface area contributed by atoms with Gasteiger partial charge in [-0.1, -0.05) is 31.2 Å². The molecule has 112 valence electrons. The molecular formula is C16H21N3O2. The quantitative estimate of drug-likeness (QED) is 0.845. The van der Waals surface area contributed by atoms with Crippen molar-refractivity contribution in [2.45, 2.75) is 19.4 Å². The number of nitrogens with one attached hydrogen (secondary N) is 1. The number of ketones is 1. The fourth-order valence-electron chi connectivity index (χ4n) is 3.03. The first-order valence-corrected chi connectivity index (χ1v) is 7.56. The Kier molecular flexibility index (Phi) is 3.92. The molecule has 0 saturated carbocycles. The SMILES string of the molecule is CCc1ccc(C(=O)CN2CCN3C(=O)NCC3C2)cc1. The molecule has 2 heterocycles. The molecule has 3 rings (SSSR count). The number of piperazine rings is 1. The van der Waals surface area contributed by atoms with Crippen molar-refractivity contribution in [3.05, 3.63) is 35.4 Å². The van der Waals surface area contributed by atoms with Gasteiger partial charge in [-0.2, -0.15) is 0 Å². The highest BCUT2D eigenvalue weighted by atomic mass is 16.2. The minimum atomic E-state index is 0.0288. The Labute approximate surface area is 124 Å². The Hall–Kier alpha value is -1.88. The molecule has 2 aliphatic heterocycles. The van der Waals surface area contributed by atoms with Gasteiger partial charge >= 0.3 is 6.03 Å². The Morgan fingerprint density at radius 2 is 2.05 bits per heavy atom. The van der Waals surface area contributed by atoms with Crippen molar-refractivity contribution in [3.8, 4) is 0 Å². The van der Waals surface area contributed by atoms with E-state index < -0.39 is 0 Å². The number of rotatable bonds is 4. The lowest BCUT2D eigenvalue weighted by Gasteiger charge is -2.35. The number of carbonyl (C=O) groups excluding carboxylic acids is 2. The van der Waals surface area contributed by atoms with Crippen LogP contribution in [0.4, 0.5) is 4.79 Å². The third-order valence-electron chi connectivity index (χ3n) is 4.37. The van der Waals surface area contributed by atoms with Gasteiger partial charge in [0.25, 0.3) is 0 Å². The molecule has 0 aromatic heterocycles. The first kappa shape index (κ1) is 14.1. The lowest BCUT2D eigenvalue weighted by atomic mass is 10.1. The summed E-state index contributed by atoms with van der Waals surface area (Å²) in [5, 5.41) is 2.86. The van der Waals surface area contributed by atoms with E-state index in [2.05, 4.69) is 17.1 Å². The predicted octanol–water partition coefficient (Wildman–Crippen LogP) is 1.14. The number of fused-ring (bicyclic) bond motifs is 1. The summed E-state index contributed by atoms with van der Waals surface area (Å²) in [5.74, 6) is 0.156. The number of aryl methyl sites for hydroxylation is 1. The van der Waals surface area contributed by atoms with E-state index in [0.717, 1.165) is 25.1 Å². The Balaban J connectivity index is 1.59. The fourth-order valence-corrected chi connectivity index (χ4v) is 3.03. The molecule has 1 atom stereocenters. The summed E-state index contributed by atoms with van der Waals surface area (Å²) >= 11 is 0. The zero-order chi connectivity index (χ0) is 14.8. The molecule has 1 aromatic rings. The minimum Gasteiger partial charge on any atom is -0.336 e. The summed E-state index contributed by atoms with van der Waals surface area (Å²) in [6.45, 7) is 5.48. The highest BCUT2D eigenvalue weighted by Crippen LogP contribution is 2.15. The van der Waals surface area contributed by atoms with E-state index in [1.807, 2.05) is 29.2 Å². The van der Waals surface area contributed by atoms with Crippen molar-refractivity contribution in [1.82, 2.24) is 15.1 Å². The van der Waals surface area contributed by atoms with Crippen LogP contribution in [0.25, 0.3) is 0 Å². The molecule has 1 N–H and O–H groups in total. The lowest BCUT2D eigenvalue weighted by Crippen LogP contribution is -2.53. The molecule has 1 unspecified atom stereocenters. The van der Waals surface area contributed by atoms with Crippen LogP contribution in [0.2, 0.25) is 0 Å². The van der Waals surface area contributed by atoms with Crippen molar-refractivity contribution in [2.24, 2.45) is 0 Å². The van der Waals surface area contributed by atoms with Gasteiger partial charge in [0.1, 0.15) is 0 Å². The van der Waals surface area contributed by atoms with Gasteiger partial charge in [-0.3, -0.25) is 9.69 Å². The summed E-state index contributed by atoms with van der Waals surface area (Å²) in [7, 11) is 0. The molecule has 5 nitrogen and oxygen atoms in total. The minimum absolute atomic E-state index is 0.0288. The van der Waals surface area contributed by atoms with Crippen LogP contribution in [0.3, 0.4) is 0 Å². The second-order valence-electron chi connectivity index (χ2n) is 5.74. The van der Waals surface area contributed by atoms with Gasteiger partial charge in [-0.15, -0.1) is 0 Å². The molecule has 2 amide bonds. The highest BCUT2D eigenvalue weighted by molar-refractivity contribution is 5.97. The predicted molar refractivity (Wildman–Crippen MR) is 80.5 cm³/mol. The number of hydrogen-bond acceptors (Lipinski definition) is 3. The van der Waals surface area contributed by atoms with Gasteiger partial charge in [-0.05, 0) is 12.0 Å². The first-order chi connectivity index (χ1) is 10.2. The molecule has 0 bridgehead atoms. The highest BCUT2D eigenvalue weighted by Gasteiger charge is 2.35. The smallest absolute Gasteiger partial charge is 0.317 e. The number of Topliss-reactive ketones (excluding diaryl/α,β-unsaturated/α-hetero) is 1. The maximum atomic E-state index is 12.3. The van der Waals surface area contributed by atoms with E-state index in [-0.39, 0.29) is 17.9 Å². The fraction of sp³-hybridized carbons (Fsp3) is 0.500. The second-order valence-corrected chi connectivity index (χ2v) is 5.74. The van der Waals surface area contributed by atoms with Crippen LogP contribution in [0.5, 0.6) is 0 Å². The zero-order valence-corrected chi connectivity index (χ0v) is 12.3. The molecule has 21 heavy (non-hydrogen) atoms. The van der Waals surface area contributed by atoms with Crippen LogP contribution in [-0.4, -0.2) is 60.4 Å². The number of urea groups is 1. The molecule has 0 aliphatic carbocycles. The largest absolute Gasteiger partial charge is 0.336 e. The third kappa shape index (κ3) is 2.93. The summed E-state index contributed by atoms with van der Waals surface area (Å²) in [4.78, 5) is 27.9. The van der Waals surface area contributed by atoms with Gasteiger partial charge in [-0.25, -0.2) is 4.79 Å². The number of amides is 2. The van der Waals surface area contributed by atoms with E-state index in [1.54, 1.807) is 0 Å². The molecule has 2 fully saturated rings. The lowest BCUT2D eigenvalue weighted by molar-refractivity contribution is 0.0838. The maximum Gasteiger partial charge on any atom is 0.317 e. The van der Waals surface area contributed by atoms with Crippen molar-refractivity contribution in [1.29, 1.82) is 0 Å².